The molecule has 2 aliphatic heterocycles. The summed E-state index contributed by atoms with van der Waals surface area (Å²) in [6.07, 6.45) is 5.03. The van der Waals surface area contributed by atoms with Gasteiger partial charge in [0, 0.05) is 50.2 Å². The van der Waals surface area contributed by atoms with Crippen LogP contribution in [0.1, 0.15) is 45.2 Å². The number of carbonyl (C=O) groups excluding carboxylic acids is 1. The number of benzene rings is 1. The minimum absolute atomic E-state index is 0.0239. The number of nitrogens with zero attached hydrogens (tertiary/aromatic N) is 8. The molecule has 234 valence electrons. The van der Waals surface area contributed by atoms with E-state index in [4.69, 9.17) is 15.1 Å². The molecule has 1 N–H and O–H groups in total. The Kier molecular flexibility index (Phi) is 9.11. The number of piperazine rings is 1. The van der Waals surface area contributed by atoms with Gasteiger partial charge in [-0.25, -0.2) is 14.4 Å². The molecule has 1 aromatic carbocycles. The Morgan fingerprint density at radius 1 is 1.09 bits per heavy atom. The molecular formula is C32H41FN8O2S. The Hall–Kier alpha value is -3.61. The van der Waals surface area contributed by atoms with E-state index in [0.29, 0.717) is 32.2 Å². The molecule has 2 saturated heterocycles. The summed E-state index contributed by atoms with van der Waals surface area (Å²) in [5, 5.41) is 18.1. The minimum atomic E-state index is -0.274. The summed E-state index contributed by atoms with van der Waals surface area (Å²) < 4.78 is 15.3. The summed E-state index contributed by atoms with van der Waals surface area (Å²) in [6.45, 7) is 7.36. The standard InChI is InChI=1S/C32H41FN8O2S/c1-4-7-24-8-6-15-40(24)30(43)19-38-16-17-39(18-25(38)20-42)29-14-13-28-34-26(5-2)31(41(28)36-29)37(3)32-35-27(21-44-32)22-9-11-23(33)12-10-22/h9-14,21,24-25,42H,4-8,15-20H2,1-3H3/t24?,25-/m0/s1. The summed E-state index contributed by atoms with van der Waals surface area (Å²) in [5.41, 5.74) is 3.31. The third-order valence-electron chi connectivity index (χ3n) is 8.88. The Labute approximate surface area is 261 Å². The van der Waals surface area contributed by atoms with E-state index in [0.717, 1.165) is 78.0 Å². The molecule has 0 radical (unpaired) electrons. The van der Waals surface area contributed by atoms with Crippen LogP contribution in [0.5, 0.6) is 0 Å². The van der Waals surface area contributed by atoms with Gasteiger partial charge in [0.05, 0.1) is 30.6 Å². The average molecular weight is 621 g/mol. The first-order chi connectivity index (χ1) is 21.4. The number of fused-ring (bicyclic) bond motifs is 1. The molecular weight excluding hydrogens is 579 g/mol. The fourth-order valence-electron chi connectivity index (χ4n) is 6.51. The summed E-state index contributed by atoms with van der Waals surface area (Å²) in [6, 6.07) is 10.5. The van der Waals surface area contributed by atoms with Gasteiger partial charge in [-0.2, -0.15) is 4.52 Å². The number of aliphatic hydroxyl groups excluding tert-OH is 1. The zero-order valence-electron chi connectivity index (χ0n) is 25.7. The van der Waals surface area contributed by atoms with Gasteiger partial charge in [0.2, 0.25) is 5.91 Å². The molecule has 12 heteroatoms. The number of aromatic nitrogens is 4. The number of anilines is 3. The lowest BCUT2D eigenvalue weighted by Gasteiger charge is -2.41. The van der Waals surface area contributed by atoms with Gasteiger partial charge in [0.15, 0.2) is 16.6 Å². The highest BCUT2D eigenvalue weighted by Crippen LogP contribution is 2.34. The summed E-state index contributed by atoms with van der Waals surface area (Å²) >= 11 is 1.51. The lowest BCUT2D eigenvalue weighted by Crippen LogP contribution is -2.57. The van der Waals surface area contributed by atoms with Gasteiger partial charge < -0.3 is 19.8 Å². The Morgan fingerprint density at radius 3 is 2.66 bits per heavy atom. The van der Waals surface area contributed by atoms with Crippen molar-refractivity contribution in [2.45, 2.75) is 58.0 Å². The predicted molar refractivity (Wildman–Crippen MR) is 172 cm³/mol. The van der Waals surface area contributed by atoms with Crippen LogP contribution in [0.2, 0.25) is 0 Å². The SMILES string of the molecule is CCCC1CCCN1C(=O)CN1CCN(c2ccc3nc(CC)c(N(C)c4nc(-c5ccc(F)cc5)cs4)n3n2)C[C@H]1CO. The van der Waals surface area contributed by atoms with Gasteiger partial charge in [-0.05, 0) is 62.1 Å². The number of carbonyl (C=O) groups is 1. The van der Waals surface area contributed by atoms with Gasteiger partial charge in [0.25, 0.3) is 0 Å². The quantitative estimate of drug-likeness (QED) is 0.275. The highest BCUT2D eigenvalue weighted by molar-refractivity contribution is 7.14. The lowest BCUT2D eigenvalue weighted by molar-refractivity contribution is -0.134. The molecule has 2 aliphatic rings. The molecule has 2 fully saturated rings. The topological polar surface area (TPSA) is 93.3 Å². The van der Waals surface area contributed by atoms with Crippen LogP contribution in [0.15, 0.2) is 41.8 Å². The number of hydrogen-bond acceptors (Lipinski definition) is 9. The van der Waals surface area contributed by atoms with E-state index in [-0.39, 0.29) is 24.4 Å². The maximum Gasteiger partial charge on any atom is 0.237 e. The Morgan fingerprint density at radius 2 is 1.91 bits per heavy atom. The predicted octanol–water partition coefficient (Wildman–Crippen LogP) is 4.60. The van der Waals surface area contributed by atoms with Crippen LogP contribution in [0, 0.1) is 5.82 Å². The molecule has 0 bridgehead atoms. The normalized spacial score (nSPS) is 19.3. The molecule has 10 nitrogen and oxygen atoms in total. The van der Waals surface area contributed by atoms with Crippen LogP contribution in [0.25, 0.3) is 16.9 Å². The number of rotatable bonds is 10. The van der Waals surface area contributed by atoms with Crippen molar-refractivity contribution in [3.8, 4) is 11.3 Å². The first kappa shape index (κ1) is 30.4. The van der Waals surface area contributed by atoms with Crippen molar-refractivity contribution < 1.29 is 14.3 Å². The monoisotopic (exact) mass is 620 g/mol. The lowest BCUT2D eigenvalue weighted by atomic mass is 10.1. The number of hydrogen-bond donors (Lipinski definition) is 1. The molecule has 5 heterocycles. The van der Waals surface area contributed by atoms with Crippen LogP contribution < -0.4 is 9.80 Å². The highest BCUT2D eigenvalue weighted by atomic mass is 32.1. The second-order valence-electron chi connectivity index (χ2n) is 11.7. The molecule has 44 heavy (non-hydrogen) atoms. The van der Waals surface area contributed by atoms with Crippen molar-refractivity contribution in [2.24, 2.45) is 0 Å². The average Bonchev–Trinajstić information content (AvgIpc) is 3.80. The van der Waals surface area contributed by atoms with E-state index in [9.17, 15) is 14.3 Å². The summed E-state index contributed by atoms with van der Waals surface area (Å²) in [5.74, 6) is 1.55. The van der Waals surface area contributed by atoms with Gasteiger partial charge in [-0.15, -0.1) is 16.4 Å². The van der Waals surface area contributed by atoms with Crippen LogP contribution in [0.3, 0.4) is 0 Å². The largest absolute Gasteiger partial charge is 0.395 e. The number of amides is 1. The molecule has 6 rings (SSSR count). The number of likely N-dealkylation sites (tertiary alicyclic amines) is 1. The van der Waals surface area contributed by atoms with E-state index in [1.54, 1.807) is 12.1 Å². The summed E-state index contributed by atoms with van der Waals surface area (Å²) in [4.78, 5) is 31.3. The third-order valence-corrected chi connectivity index (χ3v) is 9.79. The van der Waals surface area contributed by atoms with E-state index < -0.39 is 0 Å². The fraction of sp³-hybridized carbons (Fsp3) is 0.500. The molecule has 4 aromatic rings. The fourth-order valence-corrected chi connectivity index (χ4v) is 7.31. The zero-order chi connectivity index (χ0) is 30.8. The van der Waals surface area contributed by atoms with Gasteiger partial charge in [-0.3, -0.25) is 9.69 Å². The molecule has 2 atom stereocenters. The first-order valence-electron chi connectivity index (χ1n) is 15.6. The van der Waals surface area contributed by atoms with Crippen molar-refractivity contribution in [1.29, 1.82) is 0 Å². The van der Waals surface area contributed by atoms with Crippen LogP contribution in [0.4, 0.5) is 21.2 Å². The Balaban J connectivity index is 1.20. The number of halogens is 1. The smallest absolute Gasteiger partial charge is 0.237 e. The molecule has 3 aromatic heterocycles. The van der Waals surface area contributed by atoms with Crippen molar-refractivity contribution in [3.63, 3.8) is 0 Å². The molecule has 1 amide bonds. The van der Waals surface area contributed by atoms with Crippen molar-refractivity contribution in [2.75, 3.05) is 56.2 Å². The maximum atomic E-state index is 13.4. The third kappa shape index (κ3) is 6.02. The maximum absolute atomic E-state index is 13.4. The first-order valence-corrected chi connectivity index (χ1v) is 16.5. The molecule has 0 aliphatic carbocycles. The molecule has 0 spiro atoms. The highest BCUT2D eigenvalue weighted by Gasteiger charge is 2.33. The van der Waals surface area contributed by atoms with E-state index in [1.165, 1.54) is 23.5 Å². The van der Waals surface area contributed by atoms with E-state index in [2.05, 4.69) is 28.5 Å². The number of imidazole rings is 1. The van der Waals surface area contributed by atoms with Gasteiger partial charge in [0.1, 0.15) is 11.6 Å². The van der Waals surface area contributed by atoms with E-state index in [1.807, 2.05) is 34.0 Å². The Bertz CT molecular complexity index is 1590. The van der Waals surface area contributed by atoms with Crippen molar-refractivity contribution >= 4 is 39.7 Å². The minimum Gasteiger partial charge on any atom is -0.395 e. The second-order valence-corrected chi connectivity index (χ2v) is 12.5. The van der Waals surface area contributed by atoms with Crippen LogP contribution in [-0.4, -0.2) is 98.9 Å². The van der Waals surface area contributed by atoms with Crippen molar-refractivity contribution in [3.05, 3.63) is 53.3 Å². The van der Waals surface area contributed by atoms with E-state index >= 15 is 0 Å². The second kappa shape index (κ2) is 13.2. The molecule has 1 unspecified atom stereocenters. The number of aliphatic hydroxyl groups is 1. The van der Waals surface area contributed by atoms with Crippen LogP contribution >= 0.6 is 11.3 Å². The molecule has 0 saturated carbocycles. The van der Waals surface area contributed by atoms with Gasteiger partial charge in [-0.1, -0.05) is 20.3 Å². The number of thiazole rings is 1. The van der Waals surface area contributed by atoms with Crippen molar-refractivity contribution in [1.82, 2.24) is 29.4 Å². The summed E-state index contributed by atoms with van der Waals surface area (Å²) in [7, 11) is 1.97. The number of aryl methyl sites for hydroxylation is 1. The zero-order valence-corrected chi connectivity index (χ0v) is 26.5. The van der Waals surface area contributed by atoms with Crippen LogP contribution in [-0.2, 0) is 11.2 Å². The van der Waals surface area contributed by atoms with Gasteiger partial charge >= 0.3 is 0 Å².